The minimum absolute atomic E-state index is 0.00745. The molecular formula is C28H36N3O+. The first-order valence-corrected chi connectivity index (χ1v) is 11.1. The Bertz CT molecular complexity index is 1060. The molecule has 0 amide bonds. The largest absolute Gasteiger partial charge is 0.508 e. The van der Waals surface area contributed by atoms with Crippen LogP contribution in [0.4, 0.5) is 5.69 Å². The van der Waals surface area contributed by atoms with E-state index in [0.29, 0.717) is 5.75 Å². The predicted octanol–water partition coefficient (Wildman–Crippen LogP) is 4.88. The van der Waals surface area contributed by atoms with Gasteiger partial charge in [0.2, 0.25) is 0 Å². The number of rotatable bonds is 6. The van der Waals surface area contributed by atoms with Crippen molar-refractivity contribution in [3.63, 3.8) is 0 Å². The van der Waals surface area contributed by atoms with Gasteiger partial charge in [0, 0.05) is 43.9 Å². The van der Waals surface area contributed by atoms with E-state index in [1.54, 1.807) is 6.07 Å². The maximum Gasteiger partial charge on any atom is 0.199 e. The molecule has 0 heterocycles. The van der Waals surface area contributed by atoms with Crippen LogP contribution in [0.1, 0.15) is 36.0 Å². The Morgan fingerprint density at radius 3 is 2.16 bits per heavy atom. The van der Waals surface area contributed by atoms with Gasteiger partial charge < -0.3 is 15.7 Å². The zero-order chi connectivity index (χ0) is 23.4. The third-order valence-corrected chi connectivity index (χ3v) is 6.11. The first-order valence-electron chi connectivity index (χ1n) is 11.1. The standard InChI is InChI=1S/C28H35N3O/c1-19-7-16-28(32)27(17-19)25(20(2)29)18-26(21-8-12-23(13-9-21)30(3)4)22-10-14-24(15-11-22)31(5)6/h7-17,20,25H,18,29H2,1-6H3/p+1. The molecule has 4 heteroatoms. The lowest BCUT2D eigenvalue weighted by Gasteiger charge is -2.26. The van der Waals surface area contributed by atoms with Crippen molar-refractivity contribution in [2.24, 2.45) is 5.73 Å². The van der Waals surface area contributed by atoms with Crippen molar-refractivity contribution in [1.82, 2.24) is 0 Å². The predicted molar refractivity (Wildman–Crippen MR) is 137 cm³/mol. The number of aryl methyl sites for hydroxylation is 1. The van der Waals surface area contributed by atoms with Gasteiger partial charge in [-0.05, 0) is 72.9 Å². The Morgan fingerprint density at radius 1 is 1.00 bits per heavy atom. The van der Waals surface area contributed by atoms with Crippen LogP contribution in [0, 0.1) is 6.92 Å². The Hall–Kier alpha value is -3.11. The summed E-state index contributed by atoms with van der Waals surface area (Å²) in [5.74, 6) is 0.301. The minimum Gasteiger partial charge on any atom is -0.508 e. The average molecular weight is 431 g/mol. The molecule has 2 aromatic carbocycles. The van der Waals surface area contributed by atoms with Gasteiger partial charge in [-0.2, -0.15) is 0 Å². The zero-order valence-electron chi connectivity index (χ0n) is 20.1. The topological polar surface area (TPSA) is 52.5 Å². The summed E-state index contributed by atoms with van der Waals surface area (Å²) in [5, 5.41) is 10.6. The number of phenolic OH excluding ortho intramolecular Hbond substituents is 1. The Morgan fingerprint density at radius 2 is 1.62 bits per heavy atom. The van der Waals surface area contributed by atoms with Gasteiger partial charge in [-0.15, -0.1) is 0 Å². The van der Waals surface area contributed by atoms with Gasteiger partial charge in [-0.25, -0.2) is 4.58 Å². The number of phenols is 1. The van der Waals surface area contributed by atoms with E-state index in [0.717, 1.165) is 28.9 Å². The van der Waals surface area contributed by atoms with Crippen molar-refractivity contribution in [2.75, 3.05) is 33.1 Å². The third kappa shape index (κ3) is 5.38. The van der Waals surface area contributed by atoms with Gasteiger partial charge in [-0.3, -0.25) is 0 Å². The summed E-state index contributed by atoms with van der Waals surface area (Å²) in [4.78, 5) is 2.10. The second-order valence-electron chi connectivity index (χ2n) is 9.09. The van der Waals surface area contributed by atoms with Crippen LogP contribution in [0.3, 0.4) is 0 Å². The van der Waals surface area contributed by atoms with E-state index < -0.39 is 0 Å². The quantitative estimate of drug-likeness (QED) is 0.642. The van der Waals surface area contributed by atoms with E-state index in [9.17, 15) is 5.11 Å². The lowest BCUT2D eigenvalue weighted by Crippen LogP contribution is -2.25. The number of hydrogen-bond donors (Lipinski definition) is 2. The highest BCUT2D eigenvalue weighted by Gasteiger charge is 2.23. The van der Waals surface area contributed by atoms with Gasteiger partial charge in [-0.1, -0.05) is 29.8 Å². The second kappa shape index (κ2) is 10.0. The fourth-order valence-corrected chi connectivity index (χ4v) is 4.09. The number of hydrogen-bond acceptors (Lipinski definition) is 3. The van der Waals surface area contributed by atoms with Crippen molar-refractivity contribution in [2.45, 2.75) is 32.2 Å². The number of allylic oxidation sites excluding steroid dienone is 6. The highest BCUT2D eigenvalue weighted by Crippen LogP contribution is 2.38. The molecule has 0 bridgehead atoms. The van der Waals surface area contributed by atoms with Crippen LogP contribution in [0.15, 0.2) is 72.3 Å². The van der Waals surface area contributed by atoms with Crippen molar-refractivity contribution in [3.05, 3.63) is 89.0 Å². The first kappa shape index (κ1) is 23.6. The molecule has 0 fully saturated rings. The summed E-state index contributed by atoms with van der Waals surface area (Å²) in [5.41, 5.74) is 14.4. The van der Waals surface area contributed by atoms with E-state index >= 15 is 0 Å². The third-order valence-electron chi connectivity index (χ3n) is 6.11. The molecule has 0 radical (unpaired) electrons. The van der Waals surface area contributed by atoms with Crippen LogP contribution in [-0.2, 0) is 0 Å². The van der Waals surface area contributed by atoms with Gasteiger partial charge >= 0.3 is 0 Å². The molecule has 4 nitrogen and oxygen atoms in total. The van der Waals surface area contributed by atoms with Crippen LogP contribution in [0.2, 0.25) is 0 Å². The fraction of sp³-hybridized carbons (Fsp3) is 0.321. The molecule has 0 spiro atoms. The number of benzene rings is 2. The molecule has 1 aliphatic rings. The van der Waals surface area contributed by atoms with E-state index in [-0.39, 0.29) is 12.0 Å². The molecule has 0 saturated carbocycles. The van der Waals surface area contributed by atoms with E-state index in [1.807, 2.05) is 48.1 Å². The molecule has 32 heavy (non-hydrogen) atoms. The highest BCUT2D eigenvalue weighted by atomic mass is 16.3. The highest BCUT2D eigenvalue weighted by molar-refractivity contribution is 6.03. The average Bonchev–Trinajstić information content (AvgIpc) is 2.76. The van der Waals surface area contributed by atoms with E-state index in [2.05, 4.69) is 64.1 Å². The molecule has 2 unspecified atom stereocenters. The SMILES string of the molecule is Cc1ccc(O)c(C(CC(=C2C=CC(=[N+](C)C)C=C2)c2ccc(N(C)C)cc2)C(C)N)c1. The molecular weight excluding hydrogens is 394 g/mol. The van der Waals surface area contributed by atoms with Gasteiger partial charge in [0.05, 0.1) is 0 Å². The molecule has 168 valence electrons. The van der Waals surface area contributed by atoms with E-state index in [4.69, 9.17) is 5.73 Å². The molecule has 0 saturated heterocycles. The lowest BCUT2D eigenvalue weighted by molar-refractivity contribution is -0.462. The molecule has 0 aromatic heterocycles. The maximum atomic E-state index is 10.6. The van der Waals surface area contributed by atoms with Crippen molar-refractivity contribution in [3.8, 4) is 5.75 Å². The van der Waals surface area contributed by atoms with Gasteiger partial charge in [0.15, 0.2) is 5.71 Å². The van der Waals surface area contributed by atoms with Gasteiger partial charge in [0.25, 0.3) is 0 Å². The fourth-order valence-electron chi connectivity index (χ4n) is 4.09. The normalized spacial score (nSPS) is 15.0. The van der Waals surface area contributed by atoms with Crippen molar-refractivity contribution in [1.29, 1.82) is 0 Å². The molecule has 0 aliphatic heterocycles. The summed E-state index contributed by atoms with van der Waals surface area (Å²) in [6.07, 6.45) is 9.39. The molecule has 3 N–H and O–H groups in total. The van der Waals surface area contributed by atoms with Crippen LogP contribution < -0.4 is 10.6 Å². The summed E-state index contributed by atoms with van der Waals surface area (Å²) in [6.45, 7) is 4.07. The minimum atomic E-state index is -0.111. The zero-order valence-corrected chi connectivity index (χ0v) is 20.1. The Kier molecular flexibility index (Phi) is 7.37. The smallest absolute Gasteiger partial charge is 0.199 e. The number of nitrogens with two attached hydrogens (primary N) is 1. The van der Waals surface area contributed by atoms with Crippen molar-refractivity contribution < 1.29 is 9.68 Å². The molecule has 3 rings (SSSR count). The molecule has 2 atom stereocenters. The van der Waals surface area contributed by atoms with Crippen molar-refractivity contribution >= 4 is 17.0 Å². The Labute approximate surface area is 192 Å². The van der Waals surface area contributed by atoms with Crippen LogP contribution in [0.5, 0.6) is 5.75 Å². The van der Waals surface area contributed by atoms with Crippen LogP contribution in [0.25, 0.3) is 5.57 Å². The Balaban J connectivity index is 2.11. The lowest BCUT2D eigenvalue weighted by atomic mass is 9.81. The van der Waals surface area contributed by atoms with Crippen LogP contribution in [-0.4, -0.2) is 49.6 Å². The molecule has 2 aromatic rings. The molecule has 1 aliphatic carbocycles. The van der Waals surface area contributed by atoms with E-state index in [1.165, 1.54) is 16.7 Å². The second-order valence-corrected chi connectivity index (χ2v) is 9.09. The summed E-state index contributed by atoms with van der Waals surface area (Å²) >= 11 is 0. The number of anilines is 1. The first-order chi connectivity index (χ1) is 15.2. The van der Waals surface area contributed by atoms with Crippen LogP contribution >= 0.6 is 0 Å². The monoisotopic (exact) mass is 430 g/mol. The maximum absolute atomic E-state index is 10.6. The van der Waals surface area contributed by atoms with Gasteiger partial charge in [0.1, 0.15) is 19.8 Å². The summed E-state index contributed by atoms with van der Waals surface area (Å²) in [6, 6.07) is 14.3. The summed E-state index contributed by atoms with van der Waals surface area (Å²) < 4.78 is 2.10. The summed E-state index contributed by atoms with van der Waals surface area (Å²) in [7, 11) is 8.19. The number of aromatic hydroxyl groups is 1. The number of nitrogens with zero attached hydrogens (tertiary/aromatic N) is 2.